The molecule has 0 aliphatic carbocycles. The highest BCUT2D eigenvalue weighted by molar-refractivity contribution is 9.09. The Balaban J connectivity index is 2.06. The topological polar surface area (TPSA) is 33.2 Å². The van der Waals surface area contributed by atoms with E-state index in [2.05, 4.69) is 27.8 Å². The van der Waals surface area contributed by atoms with E-state index in [1.807, 2.05) is 10.3 Å². The number of carbonyl (C=O) groups excluding carboxylic acids is 1. The van der Waals surface area contributed by atoms with Crippen molar-refractivity contribution in [3.05, 3.63) is 16.6 Å². The number of carbonyl (C=O) groups is 1. The number of thiazole rings is 1. The number of nitrogens with zero attached hydrogens (tertiary/aromatic N) is 2. The molecule has 1 aliphatic heterocycles. The highest BCUT2D eigenvalue weighted by Gasteiger charge is 2.35. The molecule has 0 bridgehead atoms. The van der Waals surface area contributed by atoms with Gasteiger partial charge in [0, 0.05) is 23.8 Å². The maximum Gasteiger partial charge on any atom is 0.273 e. The van der Waals surface area contributed by atoms with Crippen LogP contribution in [0.15, 0.2) is 10.9 Å². The summed E-state index contributed by atoms with van der Waals surface area (Å²) in [5, 5.41) is 2.76. The van der Waals surface area contributed by atoms with Crippen LogP contribution in [-0.2, 0) is 0 Å². The summed E-state index contributed by atoms with van der Waals surface area (Å²) < 4.78 is 0. The standard InChI is InChI=1S/C10H13BrN2OS/c1-10(5-11)2-3-13(6-10)9(14)8-4-15-7-12-8/h4,7H,2-3,5-6H2,1H3. The molecule has 15 heavy (non-hydrogen) atoms. The van der Waals surface area contributed by atoms with Crippen LogP contribution in [0, 0.1) is 5.41 Å². The molecule has 1 saturated heterocycles. The van der Waals surface area contributed by atoms with E-state index in [1.165, 1.54) is 11.3 Å². The van der Waals surface area contributed by atoms with Crippen LogP contribution in [0.5, 0.6) is 0 Å². The fourth-order valence-electron chi connectivity index (χ4n) is 1.79. The van der Waals surface area contributed by atoms with Crippen LogP contribution in [0.3, 0.4) is 0 Å². The van der Waals surface area contributed by atoms with Crippen molar-refractivity contribution in [2.75, 3.05) is 18.4 Å². The number of amides is 1. The summed E-state index contributed by atoms with van der Waals surface area (Å²) in [4.78, 5) is 17.9. The van der Waals surface area contributed by atoms with Crippen molar-refractivity contribution in [2.24, 2.45) is 5.41 Å². The Labute approximate surface area is 102 Å². The minimum atomic E-state index is 0.0703. The van der Waals surface area contributed by atoms with Gasteiger partial charge in [-0.25, -0.2) is 4.98 Å². The molecule has 2 rings (SSSR count). The molecule has 1 fully saturated rings. The summed E-state index contributed by atoms with van der Waals surface area (Å²) in [6.07, 6.45) is 1.06. The van der Waals surface area contributed by atoms with E-state index < -0.39 is 0 Å². The third-order valence-corrected chi connectivity index (χ3v) is 4.76. The lowest BCUT2D eigenvalue weighted by Gasteiger charge is -2.21. The van der Waals surface area contributed by atoms with E-state index in [0.29, 0.717) is 5.69 Å². The quantitative estimate of drug-likeness (QED) is 0.783. The van der Waals surface area contributed by atoms with Crippen molar-refractivity contribution in [1.82, 2.24) is 9.88 Å². The van der Waals surface area contributed by atoms with Gasteiger partial charge in [-0.2, -0.15) is 0 Å². The molecule has 2 heterocycles. The van der Waals surface area contributed by atoms with E-state index >= 15 is 0 Å². The monoisotopic (exact) mass is 288 g/mol. The van der Waals surface area contributed by atoms with E-state index in [-0.39, 0.29) is 11.3 Å². The lowest BCUT2D eigenvalue weighted by atomic mass is 9.93. The molecule has 0 radical (unpaired) electrons. The largest absolute Gasteiger partial charge is 0.337 e. The van der Waals surface area contributed by atoms with Crippen molar-refractivity contribution >= 4 is 33.2 Å². The molecule has 0 saturated carbocycles. The van der Waals surface area contributed by atoms with E-state index in [1.54, 1.807) is 5.51 Å². The van der Waals surface area contributed by atoms with Crippen LogP contribution in [-0.4, -0.2) is 34.2 Å². The van der Waals surface area contributed by atoms with E-state index in [0.717, 1.165) is 24.8 Å². The van der Waals surface area contributed by atoms with Crippen LogP contribution >= 0.6 is 27.3 Å². The second-order valence-corrected chi connectivity index (χ2v) is 5.57. The number of hydrogen-bond donors (Lipinski definition) is 0. The first-order valence-electron chi connectivity index (χ1n) is 4.88. The molecule has 1 aliphatic rings. The van der Waals surface area contributed by atoms with Crippen molar-refractivity contribution in [1.29, 1.82) is 0 Å². The third kappa shape index (κ3) is 2.23. The molecule has 0 aromatic carbocycles. The normalized spacial score (nSPS) is 25.9. The van der Waals surface area contributed by atoms with Crippen molar-refractivity contribution in [3.8, 4) is 0 Å². The molecule has 1 aromatic rings. The minimum Gasteiger partial charge on any atom is -0.337 e. The number of halogens is 1. The summed E-state index contributed by atoms with van der Waals surface area (Å²) in [6.45, 7) is 3.88. The summed E-state index contributed by atoms with van der Waals surface area (Å²) in [5.74, 6) is 0.0703. The van der Waals surface area contributed by atoms with Gasteiger partial charge in [0.15, 0.2) is 0 Å². The van der Waals surface area contributed by atoms with Gasteiger partial charge in [-0.15, -0.1) is 11.3 Å². The van der Waals surface area contributed by atoms with Crippen molar-refractivity contribution in [3.63, 3.8) is 0 Å². The Morgan fingerprint density at radius 3 is 3.13 bits per heavy atom. The zero-order valence-corrected chi connectivity index (χ0v) is 11.0. The predicted molar refractivity (Wildman–Crippen MR) is 64.5 cm³/mol. The number of rotatable bonds is 2. The lowest BCUT2D eigenvalue weighted by molar-refractivity contribution is 0.0774. The Hall–Kier alpha value is -0.420. The highest BCUT2D eigenvalue weighted by atomic mass is 79.9. The van der Waals surface area contributed by atoms with E-state index in [4.69, 9.17) is 0 Å². The van der Waals surface area contributed by atoms with Gasteiger partial charge >= 0.3 is 0 Å². The molecular weight excluding hydrogens is 276 g/mol. The second kappa shape index (κ2) is 4.22. The number of hydrogen-bond acceptors (Lipinski definition) is 3. The van der Waals surface area contributed by atoms with Gasteiger partial charge in [0.25, 0.3) is 5.91 Å². The van der Waals surface area contributed by atoms with Gasteiger partial charge in [0.05, 0.1) is 5.51 Å². The van der Waals surface area contributed by atoms with Gasteiger partial charge in [0.2, 0.25) is 0 Å². The second-order valence-electron chi connectivity index (χ2n) is 4.29. The molecule has 5 heteroatoms. The summed E-state index contributed by atoms with van der Waals surface area (Å²) >= 11 is 4.97. The molecule has 82 valence electrons. The Kier molecular flexibility index (Phi) is 3.11. The lowest BCUT2D eigenvalue weighted by Crippen LogP contribution is -2.31. The minimum absolute atomic E-state index is 0.0703. The maximum atomic E-state index is 12.0. The first-order valence-corrected chi connectivity index (χ1v) is 6.94. The maximum absolute atomic E-state index is 12.0. The number of likely N-dealkylation sites (tertiary alicyclic amines) is 1. The Morgan fingerprint density at radius 1 is 1.80 bits per heavy atom. The zero-order valence-electron chi connectivity index (χ0n) is 8.57. The summed E-state index contributed by atoms with van der Waals surface area (Å²) in [7, 11) is 0. The van der Waals surface area contributed by atoms with Gasteiger partial charge in [-0.1, -0.05) is 22.9 Å². The molecule has 1 aromatic heterocycles. The average Bonchev–Trinajstić information content (AvgIpc) is 2.86. The Morgan fingerprint density at radius 2 is 2.60 bits per heavy atom. The average molecular weight is 289 g/mol. The van der Waals surface area contributed by atoms with Crippen molar-refractivity contribution in [2.45, 2.75) is 13.3 Å². The van der Waals surface area contributed by atoms with Gasteiger partial charge < -0.3 is 4.90 Å². The Bertz CT molecular complexity index is 354. The van der Waals surface area contributed by atoms with Gasteiger partial charge in [-0.05, 0) is 11.8 Å². The third-order valence-electron chi connectivity index (χ3n) is 2.82. The highest BCUT2D eigenvalue weighted by Crippen LogP contribution is 2.32. The summed E-state index contributed by atoms with van der Waals surface area (Å²) in [6, 6.07) is 0. The fraction of sp³-hybridized carbons (Fsp3) is 0.600. The first-order chi connectivity index (χ1) is 7.14. The number of alkyl halides is 1. The molecule has 0 spiro atoms. The smallest absolute Gasteiger partial charge is 0.273 e. The SMILES string of the molecule is CC1(CBr)CCN(C(=O)c2cscn2)C1. The fourth-order valence-corrected chi connectivity index (χ4v) is 2.77. The van der Waals surface area contributed by atoms with Gasteiger partial charge in [-0.3, -0.25) is 4.79 Å². The van der Waals surface area contributed by atoms with Crippen LogP contribution < -0.4 is 0 Å². The summed E-state index contributed by atoms with van der Waals surface area (Å²) in [5.41, 5.74) is 2.51. The molecule has 1 amide bonds. The molecule has 1 atom stereocenters. The predicted octanol–water partition coefficient (Wildman–Crippen LogP) is 2.39. The van der Waals surface area contributed by atoms with Crippen LogP contribution in [0.1, 0.15) is 23.8 Å². The molecular formula is C10H13BrN2OS. The molecule has 0 N–H and O–H groups in total. The molecule has 1 unspecified atom stereocenters. The molecule has 3 nitrogen and oxygen atoms in total. The first kappa shape index (κ1) is 11.1. The zero-order chi connectivity index (χ0) is 10.9. The van der Waals surface area contributed by atoms with E-state index in [9.17, 15) is 4.79 Å². The van der Waals surface area contributed by atoms with Gasteiger partial charge in [0.1, 0.15) is 5.69 Å². The van der Waals surface area contributed by atoms with Crippen molar-refractivity contribution < 1.29 is 4.79 Å². The van der Waals surface area contributed by atoms with Crippen LogP contribution in [0.2, 0.25) is 0 Å². The van der Waals surface area contributed by atoms with Crippen LogP contribution in [0.4, 0.5) is 0 Å². The number of aromatic nitrogens is 1. The van der Waals surface area contributed by atoms with Crippen LogP contribution in [0.25, 0.3) is 0 Å².